The van der Waals surface area contributed by atoms with Gasteiger partial charge in [0.1, 0.15) is 11.6 Å². The van der Waals surface area contributed by atoms with Crippen molar-refractivity contribution < 1.29 is 9.90 Å². The molecule has 0 saturated heterocycles. The normalized spacial score (nSPS) is 24.9. The van der Waals surface area contributed by atoms with Gasteiger partial charge in [-0.15, -0.1) is 10.2 Å². The summed E-state index contributed by atoms with van der Waals surface area (Å²) in [6, 6.07) is 0. The summed E-state index contributed by atoms with van der Waals surface area (Å²) in [6.45, 7) is 4.72. The second-order valence-electron chi connectivity index (χ2n) is 3.98. The number of rotatable bonds is 3. The van der Waals surface area contributed by atoms with E-state index in [2.05, 4.69) is 10.2 Å². The van der Waals surface area contributed by atoms with Crippen LogP contribution in [0.1, 0.15) is 37.3 Å². The molecule has 1 heterocycles. The molecule has 0 bridgehead atoms. The minimum absolute atomic E-state index is 0.0589. The first-order valence-corrected chi connectivity index (χ1v) is 5.27. The molecular weight excluding hydrogens is 194 g/mol. The van der Waals surface area contributed by atoms with Crippen molar-refractivity contribution in [3.05, 3.63) is 11.6 Å². The van der Waals surface area contributed by atoms with Gasteiger partial charge in [-0.1, -0.05) is 0 Å². The maximum atomic E-state index is 10.9. The van der Waals surface area contributed by atoms with Crippen molar-refractivity contribution in [3.63, 3.8) is 0 Å². The van der Waals surface area contributed by atoms with Crippen LogP contribution >= 0.6 is 0 Å². The van der Waals surface area contributed by atoms with Gasteiger partial charge in [-0.05, 0) is 26.7 Å². The average Bonchev–Trinajstić information content (AvgIpc) is 2.44. The zero-order valence-corrected chi connectivity index (χ0v) is 8.97. The fourth-order valence-electron chi connectivity index (χ4n) is 2.17. The van der Waals surface area contributed by atoms with Crippen LogP contribution < -0.4 is 0 Å². The van der Waals surface area contributed by atoms with Crippen LogP contribution in [0.4, 0.5) is 0 Å². The van der Waals surface area contributed by atoms with Gasteiger partial charge in [-0.25, -0.2) is 0 Å². The van der Waals surface area contributed by atoms with Gasteiger partial charge < -0.3 is 9.67 Å². The molecule has 0 spiro atoms. The lowest BCUT2D eigenvalue weighted by Crippen LogP contribution is -2.33. The summed E-state index contributed by atoms with van der Waals surface area (Å²) in [4.78, 5) is 10.9. The highest BCUT2D eigenvalue weighted by Crippen LogP contribution is 2.41. The molecule has 2 rings (SSSR count). The molecule has 1 saturated carbocycles. The van der Waals surface area contributed by atoms with E-state index in [4.69, 9.17) is 5.11 Å². The summed E-state index contributed by atoms with van der Waals surface area (Å²) in [5, 5.41) is 17.1. The molecule has 1 N–H and O–H groups in total. The summed E-state index contributed by atoms with van der Waals surface area (Å²) < 4.78 is 2.00. The van der Waals surface area contributed by atoms with Crippen LogP contribution in [0.2, 0.25) is 0 Å². The fourth-order valence-corrected chi connectivity index (χ4v) is 2.17. The van der Waals surface area contributed by atoms with E-state index in [1.54, 1.807) is 0 Å². The second-order valence-corrected chi connectivity index (χ2v) is 3.98. The van der Waals surface area contributed by atoms with Crippen LogP contribution in [0.5, 0.6) is 0 Å². The predicted octanol–water partition coefficient (Wildman–Crippen LogP) is 1.18. The third-order valence-electron chi connectivity index (χ3n) is 3.20. The number of carboxylic acids is 1. The molecule has 5 heteroatoms. The maximum absolute atomic E-state index is 10.9. The number of hydrogen-bond acceptors (Lipinski definition) is 3. The van der Waals surface area contributed by atoms with Crippen molar-refractivity contribution >= 4 is 5.97 Å². The average molecular weight is 209 g/mol. The Morgan fingerprint density at radius 1 is 1.53 bits per heavy atom. The Morgan fingerprint density at radius 3 is 2.73 bits per heavy atom. The monoisotopic (exact) mass is 209 g/mol. The molecule has 2 atom stereocenters. The number of carbonyl (C=O) groups is 1. The summed E-state index contributed by atoms with van der Waals surface area (Å²) >= 11 is 0. The van der Waals surface area contributed by atoms with E-state index in [1.165, 1.54) is 0 Å². The van der Waals surface area contributed by atoms with Crippen LogP contribution in [0.25, 0.3) is 0 Å². The van der Waals surface area contributed by atoms with Gasteiger partial charge in [0.25, 0.3) is 0 Å². The smallest absolute Gasteiger partial charge is 0.307 e. The Labute approximate surface area is 88.1 Å². The molecule has 15 heavy (non-hydrogen) atoms. The molecule has 1 aromatic heterocycles. The highest BCUT2D eigenvalue weighted by atomic mass is 16.4. The van der Waals surface area contributed by atoms with E-state index in [-0.39, 0.29) is 11.8 Å². The topological polar surface area (TPSA) is 68.0 Å². The van der Waals surface area contributed by atoms with Crippen molar-refractivity contribution in [3.8, 4) is 0 Å². The van der Waals surface area contributed by atoms with Gasteiger partial charge >= 0.3 is 5.97 Å². The largest absolute Gasteiger partial charge is 0.481 e. The zero-order valence-electron chi connectivity index (χ0n) is 8.97. The quantitative estimate of drug-likeness (QED) is 0.811. The molecular formula is C10H15N3O2. The molecule has 1 aromatic rings. The van der Waals surface area contributed by atoms with Crippen molar-refractivity contribution in [2.24, 2.45) is 5.92 Å². The van der Waals surface area contributed by atoms with Gasteiger partial charge in [0.05, 0.1) is 5.92 Å². The molecule has 1 aliphatic carbocycles. The molecule has 2 unspecified atom stereocenters. The van der Waals surface area contributed by atoms with Crippen molar-refractivity contribution in [1.29, 1.82) is 0 Å². The van der Waals surface area contributed by atoms with Gasteiger partial charge in [0.2, 0.25) is 0 Å². The number of aromatic nitrogens is 3. The van der Waals surface area contributed by atoms with Gasteiger partial charge in [-0.2, -0.15) is 0 Å². The summed E-state index contributed by atoms with van der Waals surface area (Å²) in [5.74, 6) is 0.786. The molecule has 0 aromatic carbocycles. The van der Waals surface area contributed by atoms with Crippen molar-refractivity contribution in [2.75, 3.05) is 0 Å². The minimum atomic E-state index is -0.713. The van der Waals surface area contributed by atoms with Gasteiger partial charge in [0, 0.05) is 12.5 Å². The van der Waals surface area contributed by atoms with Crippen LogP contribution in [0.3, 0.4) is 0 Å². The van der Waals surface area contributed by atoms with Crippen molar-refractivity contribution in [2.45, 2.75) is 39.2 Å². The Hall–Kier alpha value is -1.39. The third-order valence-corrected chi connectivity index (χ3v) is 3.20. The lowest BCUT2D eigenvalue weighted by Gasteiger charge is -2.32. The van der Waals surface area contributed by atoms with Crippen LogP contribution in [-0.4, -0.2) is 25.8 Å². The van der Waals surface area contributed by atoms with E-state index in [1.807, 2.05) is 18.4 Å². The maximum Gasteiger partial charge on any atom is 0.307 e. The summed E-state index contributed by atoms with van der Waals surface area (Å²) in [6.07, 6.45) is 1.67. The molecule has 5 nitrogen and oxygen atoms in total. The molecule has 1 aliphatic rings. The van der Waals surface area contributed by atoms with Crippen LogP contribution in [0.15, 0.2) is 0 Å². The van der Waals surface area contributed by atoms with E-state index < -0.39 is 5.97 Å². The first kappa shape index (κ1) is 10.1. The van der Waals surface area contributed by atoms with Gasteiger partial charge in [0.15, 0.2) is 0 Å². The first-order valence-electron chi connectivity index (χ1n) is 5.27. The Balaban J connectivity index is 2.26. The Kier molecular flexibility index (Phi) is 2.46. The lowest BCUT2D eigenvalue weighted by molar-refractivity contribution is -0.145. The first-order chi connectivity index (χ1) is 7.15. The standard InChI is InChI=1S/C10H15N3O2/c1-3-13-6(2)11-12-9(13)7-4-5-8(7)10(14)15/h7-8H,3-5H2,1-2H3,(H,14,15). The Bertz CT molecular complexity index is 386. The number of hydrogen-bond donors (Lipinski definition) is 1. The zero-order chi connectivity index (χ0) is 11.0. The minimum Gasteiger partial charge on any atom is -0.481 e. The fraction of sp³-hybridized carbons (Fsp3) is 0.700. The number of aryl methyl sites for hydroxylation is 1. The predicted molar refractivity (Wildman–Crippen MR) is 53.5 cm³/mol. The van der Waals surface area contributed by atoms with Crippen LogP contribution in [0, 0.1) is 12.8 Å². The Morgan fingerprint density at radius 2 is 2.27 bits per heavy atom. The highest BCUT2D eigenvalue weighted by molar-refractivity contribution is 5.72. The van der Waals surface area contributed by atoms with Crippen molar-refractivity contribution in [1.82, 2.24) is 14.8 Å². The molecule has 0 amide bonds. The summed E-state index contributed by atoms with van der Waals surface area (Å²) in [7, 11) is 0. The summed E-state index contributed by atoms with van der Waals surface area (Å²) in [5.41, 5.74) is 0. The SMILES string of the molecule is CCn1c(C)nnc1C1CCC1C(=O)O. The number of nitrogens with zero attached hydrogens (tertiary/aromatic N) is 3. The molecule has 1 fully saturated rings. The van der Waals surface area contributed by atoms with E-state index >= 15 is 0 Å². The number of carboxylic acid groups (broad SMARTS) is 1. The van der Waals surface area contributed by atoms with E-state index in [0.717, 1.165) is 31.0 Å². The second kappa shape index (κ2) is 3.64. The highest BCUT2D eigenvalue weighted by Gasteiger charge is 2.40. The third kappa shape index (κ3) is 1.52. The van der Waals surface area contributed by atoms with E-state index in [9.17, 15) is 4.79 Å². The van der Waals surface area contributed by atoms with Gasteiger partial charge in [-0.3, -0.25) is 4.79 Å². The van der Waals surface area contributed by atoms with E-state index in [0.29, 0.717) is 0 Å². The number of aliphatic carboxylic acids is 1. The lowest BCUT2D eigenvalue weighted by atomic mass is 9.73. The molecule has 0 radical (unpaired) electrons. The molecule has 82 valence electrons. The van der Waals surface area contributed by atoms with Crippen LogP contribution in [-0.2, 0) is 11.3 Å². The molecule has 0 aliphatic heterocycles.